The fraction of sp³-hybridized carbons (Fsp3) is 0.300. The molecule has 1 heterocycles. The van der Waals surface area contributed by atoms with Gasteiger partial charge in [0.1, 0.15) is 0 Å². The second kappa shape index (κ2) is 2.70. The summed E-state index contributed by atoms with van der Waals surface area (Å²) in [7, 11) is 1.98. The topological polar surface area (TPSA) is 20.7 Å². The standard InChI is InChI=1S/C10H12N2S/c1-6-4-5-8-9(7(6)2)11-10(13)12(8)3/h4-5H,1-3H3,(H,11,13). The molecule has 2 rings (SSSR count). The number of hydrogen-bond acceptors (Lipinski definition) is 1. The highest BCUT2D eigenvalue weighted by Crippen LogP contribution is 2.19. The Hall–Kier alpha value is -1.09. The summed E-state index contributed by atoms with van der Waals surface area (Å²) >= 11 is 5.16. The van der Waals surface area contributed by atoms with E-state index in [-0.39, 0.29) is 0 Å². The van der Waals surface area contributed by atoms with Gasteiger partial charge in [0.15, 0.2) is 4.77 Å². The zero-order valence-corrected chi connectivity index (χ0v) is 8.83. The van der Waals surface area contributed by atoms with E-state index in [0.717, 1.165) is 10.3 Å². The van der Waals surface area contributed by atoms with Crippen LogP contribution in [0, 0.1) is 18.6 Å². The third kappa shape index (κ3) is 1.11. The largest absolute Gasteiger partial charge is 0.330 e. The van der Waals surface area contributed by atoms with E-state index < -0.39 is 0 Å². The van der Waals surface area contributed by atoms with Gasteiger partial charge in [-0.25, -0.2) is 0 Å². The van der Waals surface area contributed by atoms with Gasteiger partial charge in [-0.3, -0.25) is 0 Å². The smallest absolute Gasteiger partial charge is 0.177 e. The maximum absolute atomic E-state index is 5.16. The third-order valence-electron chi connectivity index (χ3n) is 2.61. The Morgan fingerprint density at radius 3 is 2.69 bits per heavy atom. The van der Waals surface area contributed by atoms with Crippen molar-refractivity contribution < 1.29 is 0 Å². The van der Waals surface area contributed by atoms with Crippen molar-refractivity contribution in [1.29, 1.82) is 0 Å². The molecule has 0 aliphatic heterocycles. The number of nitrogens with one attached hydrogen (secondary N) is 1. The summed E-state index contributed by atoms with van der Waals surface area (Å²) in [6.07, 6.45) is 0. The van der Waals surface area contributed by atoms with Crippen molar-refractivity contribution in [2.75, 3.05) is 0 Å². The number of rotatable bonds is 0. The molecule has 0 aliphatic rings. The van der Waals surface area contributed by atoms with E-state index in [1.165, 1.54) is 16.6 Å². The number of aromatic amines is 1. The molecular weight excluding hydrogens is 180 g/mol. The molecule has 0 amide bonds. The number of aromatic nitrogens is 2. The molecule has 1 aromatic carbocycles. The molecule has 68 valence electrons. The summed E-state index contributed by atoms with van der Waals surface area (Å²) in [6.45, 7) is 4.22. The molecule has 0 unspecified atom stereocenters. The van der Waals surface area contributed by atoms with Gasteiger partial charge in [-0.1, -0.05) is 6.07 Å². The second-order valence-electron chi connectivity index (χ2n) is 3.39. The predicted octanol–water partition coefficient (Wildman–Crippen LogP) is 2.85. The molecule has 13 heavy (non-hydrogen) atoms. The molecule has 0 spiro atoms. The fourth-order valence-corrected chi connectivity index (χ4v) is 1.74. The minimum atomic E-state index is 0.781. The molecule has 0 radical (unpaired) electrons. The van der Waals surface area contributed by atoms with Gasteiger partial charge in [0.2, 0.25) is 0 Å². The minimum absolute atomic E-state index is 0.781. The van der Waals surface area contributed by atoms with Crippen molar-refractivity contribution in [1.82, 2.24) is 9.55 Å². The first kappa shape index (κ1) is 8.51. The van der Waals surface area contributed by atoms with E-state index in [0.29, 0.717) is 0 Å². The van der Waals surface area contributed by atoms with Crippen LogP contribution in [0.3, 0.4) is 0 Å². The summed E-state index contributed by atoms with van der Waals surface area (Å²) in [5.74, 6) is 0. The summed E-state index contributed by atoms with van der Waals surface area (Å²) in [6, 6.07) is 4.23. The SMILES string of the molecule is Cc1ccc2c([nH]c(=S)n2C)c1C. The van der Waals surface area contributed by atoms with Crippen LogP contribution in [0.15, 0.2) is 12.1 Å². The molecule has 0 saturated heterocycles. The van der Waals surface area contributed by atoms with Crippen molar-refractivity contribution in [2.45, 2.75) is 13.8 Å². The first-order valence-electron chi connectivity index (χ1n) is 4.26. The Labute approximate surface area is 82.2 Å². The lowest BCUT2D eigenvalue weighted by molar-refractivity contribution is 0.927. The number of nitrogens with zero attached hydrogens (tertiary/aromatic N) is 1. The van der Waals surface area contributed by atoms with Gasteiger partial charge in [0.25, 0.3) is 0 Å². The van der Waals surface area contributed by atoms with Gasteiger partial charge in [-0.2, -0.15) is 0 Å². The Bertz CT molecular complexity index is 519. The highest BCUT2D eigenvalue weighted by Gasteiger charge is 2.04. The van der Waals surface area contributed by atoms with Crippen LogP contribution in [0.25, 0.3) is 11.0 Å². The maximum Gasteiger partial charge on any atom is 0.177 e. The predicted molar refractivity (Wildman–Crippen MR) is 57.6 cm³/mol. The summed E-state index contributed by atoms with van der Waals surface area (Å²) in [4.78, 5) is 3.21. The fourth-order valence-electron chi connectivity index (χ4n) is 1.54. The first-order chi connectivity index (χ1) is 6.11. The van der Waals surface area contributed by atoms with Crippen LogP contribution in [0.2, 0.25) is 0 Å². The Kier molecular flexibility index (Phi) is 1.77. The van der Waals surface area contributed by atoms with Gasteiger partial charge >= 0.3 is 0 Å². The summed E-state index contributed by atoms with van der Waals surface area (Å²) in [5.41, 5.74) is 4.91. The minimum Gasteiger partial charge on any atom is -0.330 e. The lowest BCUT2D eigenvalue weighted by Crippen LogP contribution is -1.87. The molecule has 1 aromatic heterocycles. The molecule has 0 saturated carbocycles. The number of hydrogen-bond donors (Lipinski definition) is 1. The molecule has 1 N–H and O–H groups in total. The third-order valence-corrected chi connectivity index (χ3v) is 2.99. The van der Waals surface area contributed by atoms with E-state index in [1.54, 1.807) is 0 Å². The maximum atomic E-state index is 5.16. The normalized spacial score (nSPS) is 11.0. The van der Waals surface area contributed by atoms with Gasteiger partial charge in [0.05, 0.1) is 11.0 Å². The Balaban J connectivity index is 3.03. The quantitative estimate of drug-likeness (QED) is 0.636. The number of aryl methyl sites for hydroxylation is 3. The van der Waals surface area contributed by atoms with Crippen LogP contribution >= 0.6 is 12.2 Å². The summed E-state index contributed by atoms with van der Waals surface area (Å²) < 4.78 is 2.78. The number of benzene rings is 1. The molecule has 2 nitrogen and oxygen atoms in total. The van der Waals surface area contributed by atoms with Crippen molar-refractivity contribution in [2.24, 2.45) is 7.05 Å². The monoisotopic (exact) mass is 192 g/mol. The second-order valence-corrected chi connectivity index (χ2v) is 3.78. The van der Waals surface area contributed by atoms with E-state index in [1.807, 2.05) is 11.6 Å². The lowest BCUT2D eigenvalue weighted by Gasteiger charge is -2.00. The van der Waals surface area contributed by atoms with Crippen molar-refractivity contribution in [3.05, 3.63) is 28.0 Å². The molecule has 0 atom stereocenters. The van der Waals surface area contributed by atoms with Crippen LogP contribution < -0.4 is 0 Å². The lowest BCUT2D eigenvalue weighted by atomic mass is 10.1. The number of H-pyrrole nitrogens is 1. The number of fused-ring (bicyclic) bond motifs is 1. The zero-order chi connectivity index (χ0) is 9.59. The molecule has 0 fully saturated rings. The molecule has 2 aromatic rings. The van der Waals surface area contributed by atoms with Crippen LogP contribution in [0.1, 0.15) is 11.1 Å². The van der Waals surface area contributed by atoms with E-state index >= 15 is 0 Å². The molecular formula is C10H12N2S. The van der Waals surface area contributed by atoms with Crippen molar-refractivity contribution >= 4 is 23.3 Å². The van der Waals surface area contributed by atoms with Crippen LogP contribution in [0.5, 0.6) is 0 Å². The first-order valence-corrected chi connectivity index (χ1v) is 4.67. The van der Waals surface area contributed by atoms with E-state index in [4.69, 9.17) is 12.2 Å². The molecule has 0 bridgehead atoms. The van der Waals surface area contributed by atoms with Gasteiger partial charge in [0, 0.05) is 7.05 Å². The van der Waals surface area contributed by atoms with E-state index in [9.17, 15) is 0 Å². The average Bonchev–Trinajstić information content (AvgIpc) is 2.38. The number of imidazole rings is 1. The van der Waals surface area contributed by atoms with Gasteiger partial charge in [-0.05, 0) is 43.3 Å². The Morgan fingerprint density at radius 1 is 1.31 bits per heavy atom. The average molecular weight is 192 g/mol. The van der Waals surface area contributed by atoms with Crippen LogP contribution in [-0.2, 0) is 7.05 Å². The highest BCUT2D eigenvalue weighted by molar-refractivity contribution is 7.71. The van der Waals surface area contributed by atoms with Crippen molar-refractivity contribution in [3.8, 4) is 0 Å². The zero-order valence-electron chi connectivity index (χ0n) is 8.01. The molecule has 0 aliphatic carbocycles. The van der Waals surface area contributed by atoms with E-state index in [2.05, 4.69) is 31.0 Å². The summed E-state index contributed by atoms with van der Waals surface area (Å²) in [5, 5.41) is 0. The highest BCUT2D eigenvalue weighted by atomic mass is 32.1. The van der Waals surface area contributed by atoms with Crippen LogP contribution in [-0.4, -0.2) is 9.55 Å². The van der Waals surface area contributed by atoms with Crippen LogP contribution in [0.4, 0.5) is 0 Å². The molecule has 3 heteroatoms. The van der Waals surface area contributed by atoms with Gasteiger partial charge in [-0.15, -0.1) is 0 Å². The van der Waals surface area contributed by atoms with Gasteiger partial charge < -0.3 is 9.55 Å². The van der Waals surface area contributed by atoms with Crippen molar-refractivity contribution in [3.63, 3.8) is 0 Å². The Morgan fingerprint density at radius 2 is 2.00 bits per heavy atom.